The molecule has 0 aliphatic rings. The first-order valence-electron chi connectivity index (χ1n) is 8.67. The number of unbranched alkanes of at least 4 members (excludes halogenated alkanes) is 2. The van der Waals surface area contributed by atoms with Crippen LogP contribution in [-0.2, 0) is 14.4 Å². The molecule has 144 valence electrons. The topological polar surface area (TPSA) is 127 Å². The van der Waals surface area contributed by atoms with Crippen molar-refractivity contribution >= 4 is 17.8 Å². The average Bonchev–Trinajstić information content (AvgIpc) is 2.55. The van der Waals surface area contributed by atoms with E-state index >= 15 is 0 Å². The molecular formula is C17H30N2NaO6+. The molecule has 0 radical (unpaired) electrons. The molecule has 1 unspecified atom stereocenters. The van der Waals surface area contributed by atoms with E-state index in [1.54, 1.807) is 6.08 Å². The maximum Gasteiger partial charge on any atom is 1.00 e. The van der Waals surface area contributed by atoms with E-state index in [9.17, 15) is 24.6 Å². The molecule has 1 atom stereocenters. The second-order valence-electron chi connectivity index (χ2n) is 6.06. The first-order chi connectivity index (χ1) is 11.8. The van der Waals surface area contributed by atoms with E-state index in [1.807, 2.05) is 0 Å². The Bertz CT molecular complexity index is 439. The van der Waals surface area contributed by atoms with E-state index in [0.717, 1.165) is 19.3 Å². The van der Waals surface area contributed by atoms with Gasteiger partial charge in [-0.25, -0.2) is 0 Å². The Hall–Kier alpha value is -0.930. The number of hydrogen-bond acceptors (Lipinski definition) is 5. The fourth-order valence-electron chi connectivity index (χ4n) is 2.53. The fourth-order valence-corrected chi connectivity index (χ4v) is 2.53. The fraction of sp³-hybridized carbons (Fsp3) is 0.706. The number of aliphatic carboxylic acids is 2. The van der Waals surface area contributed by atoms with Crippen molar-refractivity contribution in [3.05, 3.63) is 12.2 Å². The predicted octanol–water partition coefficient (Wildman–Crippen LogP) is -3.72. The maximum atomic E-state index is 11.7. The molecule has 0 fully saturated rings. The van der Waals surface area contributed by atoms with Gasteiger partial charge in [-0.2, -0.15) is 0 Å². The summed E-state index contributed by atoms with van der Waals surface area (Å²) in [4.78, 5) is 33.4. The van der Waals surface area contributed by atoms with E-state index in [2.05, 4.69) is 12.2 Å². The van der Waals surface area contributed by atoms with Gasteiger partial charge in [0.25, 0.3) is 0 Å². The molecule has 0 aliphatic carbocycles. The number of aliphatic hydroxyl groups excluding tert-OH is 1. The normalized spacial score (nSPS) is 13.0. The SMILES string of the molecule is CCCC/C=C/C(=O)NCC[N+](CCO)(CCC(=O)[O-])CCC(=O)O.[Na+]. The van der Waals surface area contributed by atoms with Crippen LogP contribution in [0.2, 0.25) is 0 Å². The van der Waals surface area contributed by atoms with Gasteiger partial charge in [0.05, 0.1) is 39.2 Å². The number of carboxylic acid groups (broad SMARTS) is 2. The summed E-state index contributed by atoms with van der Waals surface area (Å²) < 4.78 is 0.108. The quantitative estimate of drug-likeness (QED) is 0.116. The Morgan fingerprint density at radius 3 is 2.31 bits per heavy atom. The summed E-state index contributed by atoms with van der Waals surface area (Å²) in [5, 5.41) is 31.7. The number of carbonyl (C=O) groups is 3. The Morgan fingerprint density at radius 2 is 1.77 bits per heavy atom. The number of aliphatic hydroxyl groups is 1. The van der Waals surface area contributed by atoms with Crippen molar-refractivity contribution in [2.24, 2.45) is 0 Å². The average molecular weight is 381 g/mol. The number of carbonyl (C=O) groups excluding carboxylic acids is 2. The largest absolute Gasteiger partial charge is 1.00 e. The standard InChI is InChI=1S/C17H30N2O6.Na/c1-2-3-4-5-6-15(21)18-9-12-19(13-14-20,10-7-16(22)23)11-8-17(24)25;/h5-6,20H,2-4,7-14H2,1H3,(H2-,18,21,22,23,24,25);/q;+1/b6-5+;. The molecular weight excluding hydrogens is 351 g/mol. The molecule has 0 aliphatic heterocycles. The summed E-state index contributed by atoms with van der Waals surface area (Å²) in [5.41, 5.74) is 0. The van der Waals surface area contributed by atoms with Crippen LogP contribution in [0, 0.1) is 0 Å². The summed E-state index contributed by atoms with van der Waals surface area (Å²) in [5.74, 6) is -2.45. The van der Waals surface area contributed by atoms with Crippen LogP contribution < -0.4 is 40.0 Å². The number of allylic oxidation sites excluding steroid dienone is 1. The van der Waals surface area contributed by atoms with Crippen LogP contribution >= 0.6 is 0 Å². The predicted molar refractivity (Wildman–Crippen MR) is 90.4 cm³/mol. The summed E-state index contributed by atoms with van der Waals surface area (Å²) in [6.45, 7) is 3.04. The second-order valence-corrected chi connectivity index (χ2v) is 6.06. The minimum atomic E-state index is -1.22. The van der Waals surface area contributed by atoms with Crippen LogP contribution in [0.3, 0.4) is 0 Å². The second kappa shape index (κ2) is 16.3. The van der Waals surface area contributed by atoms with Crippen LogP contribution in [0.4, 0.5) is 0 Å². The van der Waals surface area contributed by atoms with Gasteiger partial charge in [-0.1, -0.05) is 25.8 Å². The summed E-state index contributed by atoms with van der Waals surface area (Å²) >= 11 is 0. The molecule has 0 rings (SSSR count). The van der Waals surface area contributed by atoms with Crippen LogP contribution in [-0.4, -0.2) is 71.9 Å². The molecule has 0 aromatic heterocycles. The Morgan fingerprint density at radius 1 is 1.12 bits per heavy atom. The van der Waals surface area contributed by atoms with Crippen LogP contribution in [0.1, 0.15) is 39.0 Å². The minimum Gasteiger partial charge on any atom is -0.550 e. The third-order valence-corrected chi connectivity index (χ3v) is 4.04. The van der Waals surface area contributed by atoms with Gasteiger partial charge in [0.15, 0.2) is 0 Å². The molecule has 0 saturated carbocycles. The van der Waals surface area contributed by atoms with Crippen molar-refractivity contribution < 1.29 is 63.7 Å². The zero-order chi connectivity index (χ0) is 19.1. The maximum absolute atomic E-state index is 11.7. The third-order valence-electron chi connectivity index (χ3n) is 4.04. The van der Waals surface area contributed by atoms with E-state index in [-0.39, 0.29) is 85.6 Å². The van der Waals surface area contributed by atoms with Crippen molar-refractivity contribution in [1.82, 2.24) is 5.32 Å². The van der Waals surface area contributed by atoms with Crippen molar-refractivity contribution in [1.29, 1.82) is 0 Å². The van der Waals surface area contributed by atoms with Crippen LogP contribution in [0.15, 0.2) is 12.2 Å². The molecule has 0 heterocycles. The van der Waals surface area contributed by atoms with Crippen molar-refractivity contribution in [3.63, 3.8) is 0 Å². The van der Waals surface area contributed by atoms with Gasteiger partial charge in [-0.05, 0) is 12.5 Å². The van der Waals surface area contributed by atoms with Gasteiger partial charge >= 0.3 is 35.5 Å². The number of amides is 1. The number of carboxylic acids is 2. The molecule has 9 heteroatoms. The van der Waals surface area contributed by atoms with Gasteiger partial charge in [0, 0.05) is 12.4 Å². The monoisotopic (exact) mass is 381 g/mol. The number of rotatable bonds is 15. The first-order valence-corrected chi connectivity index (χ1v) is 8.67. The van der Waals surface area contributed by atoms with Gasteiger partial charge in [0.2, 0.25) is 5.91 Å². The smallest absolute Gasteiger partial charge is 0.550 e. The number of quaternary nitrogens is 1. The molecule has 0 aromatic rings. The third kappa shape index (κ3) is 14.3. The summed E-state index contributed by atoms with van der Waals surface area (Å²) in [6, 6.07) is 0. The molecule has 0 spiro atoms. The van der Waals surface area contributed by atoms with Crippen LogP contribution in [0.25, 0.3) is 0 Å². The van der Waals surface area contributed by atoms with Crippen LogP contribution in [0.5, 0.6) is 0 Å². The minimum absolute atomic E-state index is 0. The molecule has 8 nitrogen and oxygen atoms in total. The zero-order valence-corrected chi connectivity index (χ0v) is 17.9. The van der Waals surface area contributed by atoms with Gasteiger partial charge in [0.1, 0.15) is 6.54 Å². The van der Waals surface area contributed by atoms with Gasteiger partial charge in [-0.3, -0.25) is 9.59 Å². The first kappa shape index (κ1) is 27.3. The van der Waals surface area contributed by atoms with Crippen molar-refractivity contribution in [2.75, 3.05) is 39.3 Å². The number of nitrogens with one attached hydrogen (secondary N) is 1. The molecule has 0 aromatic carbocycles. The van der Waals surface area contributed by atoms with Crippen molar-refractivity contribution in [3.8, 4) is 0 Å². The molecule has 3 N–H and O–H groups in total. The Kier molecular flexibility index (Phi) is 17.1. The van der Waals surface area contributed by atoms with E-state index in [1.165, 1.54) is 6.08 Å². The molecule has 1 amide bonds. The van der Waals surface area contributed by atoms with Crippen molar-refractivity contribution in [2.45, 2.75) is 39.0 Å². The molecule has 0 bridgehead atoms. The van der Waals surface area contributed by atoms with E-state index in [4.69, 9.17) is 5.11 Å². The van der Waals surface area contributed by atoms with Gasteiger partial charge in [-0.15, -0.1) is 0 Å². The summed E-state index contributed by atoms with van der Waals surface area (Å²) in [6.07, 6.45) is 5.79. The van der Waals surface area contributed by atoms with Gasteiger partial charge < -0.3 is 29.9 Å². The number of nitrogens with zero attached hydrogens (tertiary/aromatic N) is 1. The Labute approximate surface area is 177 Å². The zero-order valence-electron chi connectivity index (χ0n) is 15.9. The Balaban J connectivity index is 0. The van der Waals surface area contributed by atoms with E-state index in [0.29, 0.717) is 6.54 Å². The summed E-state index contributed by atoms with van der Waals surface area (Å²) in [7, 11) is 0. The number of hydrogen-bond donors (Lipinski definition) is 3. The molecule has 26 heavy (non-hydrogen) atoms. The molecule has 0 saturated heterocycles. The van der Waals surface area contributed by atoms with E-state index < -0.39 is 11.9 Å².